The number of aryl methyl sites for hydroxylation is 1. The number of allylic oxidation sites excluding steroid dienone is 1. The third-order valence-corrected chi connectivity index (χ3v) is 4.22. The third-order valence-electron chi connectivity index (χ3n) is 3.99. The first kappa shape index (κ1) is 20.2. The summed E-state index contributed by atoms with van der Waals surface area (Å²) in [6, 6.07) is 10.1. The summed E-state index contributed by atoms with van der Waals surface area (Å²) in [4.78, 5) is 0. The second-order valence-electron chi connectivity index (χ2n) is 6.17. The highest BCUT2D eigenvalue weighted by Gasteiger charge is 2.13. The largest absolute Gasteiger partial charge is 0.490 e. The minimum absolute atomic E-state index is 0.598. The summed E-state index contributed by atoms with van der Waals surface area (Å²) in [7, 11) is 0. The smallest absolute Gasteiger partial charge is 0.164 e. The first-order valence-corrected chi connectivity index (χ1v) is 9.49. The summed E-state index contributed by atoms with van der Waals surface area (Å²) in [5, 5.41) is 4.19. The lowest BCUT2D eigenvalue weighted by atomic mass is 10.0. The Hall–Kier alpha value is -2.13. The summed E-state index contributed by atoms with van der Waals surface area (Å²) in [6.45, 7) is 12.0. The van der Waals surface area contributed by atoms with Gasteiger partial charge in [0, 0.05) is 22.8 Å². The average Bonchev–Trinajstić information content (AvgIpc) is 2.62. The predicted octanol–water partition coefficient (Wildman–Crippen LogP) is 6.18. The van der Waals surface area contributed by atoms with Gasteiger partial charge >= 0.3 is 0 Å². The van der Waals surface area contributed by atoms with E-state index in [4.69, 9.17) is 21.1 Å². The zero-order valence-electron chi connectivity index (χ0n) is 15.9. The monoisotopic (exact) mass is 373 g/mol. The van der Waals surface area contributed by atoms with Gasteiger partial charge in [-0.25, -0.2) is 0 Å². The van der Waals surface area contributed by atoms with E-state index in [1.54, 1.807) is 0 Å². The Kier molecular flexibility index (Phi) is 7.86. The van der Waals surface area contributed by atoms with Crippen LogP contribution in [0.5, 0.6) is 11.5 Å². The molecule has 2 aromatic rings. The molecule has 1 N–H and O–H groups in total. The minimum Gasteiger partial charge on any atom is -0.490 e. The van der Waals surface area contributed by atoms with Gasteiger partial charge < -0.3 is 14.8 Å². The van der Waals surface area contributed by atoms with Crippen LogP contribution in [0.25, 0.3) is 0 Å². The predicted molar refractivity (Wildman–Crippen MR) is 111 cm³/mol. The van der Waals surface area contributed by atoms with Gasteiger partial charge in [-0.15, -0.1) is 6.58 Å². The Morgan fingerprint density at radius 1 is 1.15 bits per heavy atom. The molecule has 140 valence electrons. The van der Waals surface area contributed by atoms with Crippen LogP contribution in [-0.2, 0) is 13.0 Å². The van der Waals surface area contributed by atoms with Gasteiger partial charge in [0.15, 0.2) is 11.5 Å². The molecule has 0 aliphatic carbocycles. The number of halogens is 1. The molecule has 0 aliphatic heterocycles. The number of nitrogens with one attached hydrogen (secondary N) is 1. The number of anilines is 1. The summed E-state index contributed by atoms with van der Waals surface area (Å²) in [5.74, 6) is 1.62. The van der Waals surface area contributed by atoms with E-state index in [0.717, 1.165) is 51.7 Å². The van der Waals surface area contributed by atoms with E-state index in [1.165, 1.54) is 0 Å². The maximum absolute atomic E-state index is 6.11. The number of hydrogen-bond acceptors (Lipinski definition) is 3. The van der Waals surface area contributed by atoms with Crippen LogP contribution < -0.4 is 14.8 Å². The first-order valence-electron chi connectivity index (χ1n) is 9.11. The number of benzene rings is 2. The molecule has 0 saturated carbocycles. The molecule has 0 radical (unpaired) electrons. The molecule has 0 aliphatic rings. The quantitative estimate of drug-likeness (QED) is 0.504. The molecule has 2 aromatic carbocycles. The molecule has 0 heterocycles. The number of rotatable bonds is 10. The van der Waals surface area contributed by atoms with E-state index in [2.05, 4.69) is 31.8 Å². The zero-order valence-corrected chi connectivity index (χ0v) is 16.7. The van der Waals surface area contributed by atoms with Gasteiger partial charge in [-0.05, 0) is 62.1 Å². The Morgan fingerprint density at radius 2 is 1.96 bits per heavy atom. The van der Waals surface area contributed by atoms with Gasteiger partial charge in [0.1, 0.15) is 0 Å². The first-order chi connectivity index (χ1) is 12.6. The summed E-state index contributed by atoms with van der Waals surface area (Å²) < 4.78 is 11.8. The second kappa shape index (κ2) is 10.1. The van der Waals surface area contributed by atoms with Crippen molar-refractivity contribution in [3.05, 3.63) is 64.7 Å². The molecule has 0 unspecified atom stereocenters. The number of ether oxygens (including phenoxy) is 2. The van der Waals surface area contributed by atoms with Gasteiger partial charge in [0.05, 0.1) is 13.2 Å². The van der Waals surface area contributed by atoms with Crippen molar-refractivity contribution in [2.24, 2.45) is 0 Å². The van der Waals surface area contributed by atoms with Crippen LogP contribution in [0.3, 0.4) is 0 Å². The molecule has 0 spiro atoms. The lowest BCUT2D eigenvalue weighted by Crippen LogP contribution is -2.06. The van der Waals surface area contributed by atoms with E-state index in [-0.39, 0.29) is 0 Å². The molecule has 3 nitrogen and oxygen atoms in total. The van der Waals surface area contributed by atoms with Crippen LogP contribution in [0.1, 0.15) is 37.0 Å². The molecule has 0 atom stereocenters. The summed E-state index contributed by atoms with van der Waals surface area (Å²) in [6.07, 6.45) is 3.59. The van der Waals surface area contributed by atoms with Crippen molar-refractivity contribution < 1.29 is 9.47 Å². The molecule has 0 bridgehead atoms. The molecule has 4 heteroatoms. The molecule has 0 aromatic heterocycles. The fraction of sp³-hybridized carbons (Fsp3) is 0.364. The topological polar surface area (TPSA) is 30.5 Å². The molecular formula is C22H28ClNO2. The van der Waals surface area contributed by atoms with Crippen molar-refractivity contribution in [1.29, 1.82) is 0 Å². The molecule has 0 fully saturated rings. The van der Waals surface area contributed by atoms with Crippen molar-refractivity contribution in [3.8, 4) is 11.5 Å². The maximum Gasteiger partial charge on any atom is 0.164 e. The fourth-order valence-corrected chi connectivity index (χ4v) is 2.92. The van der Waals surface area contributed by atoms with E-state index in [9.17, 15) is 0 Å². The van der Waals surface area contributed by atoms with Crippen molar-refractivity contribution in [2.75, 3.05) is 18.5 Å². The Morgan fingerprint density at radius 3 is 2.65 bits per heavy atom. The third kappa shape index (κ3) is 5.43. The van der Waals surface area contributed by atoms with Crippen molar-refractivity contribution in [3.63, 3.8) is 0 Å². The molecule has 0 amide bonds. The normalized spacial score (nSPS) is 10.5. The maximum atomic E-state index is 6.11. The van der Waals surface area contributed by atoms with Gasteiger partial charge in [0.2, 0.25) is 0 Å². The van der Waals surface area contributed by atoms with Crippen LogP contribution >= 0.6 is 11.6 Å². The SMILES string of the molecule is C=CCc1cc(CNc2cc(Cl)ccc2C)cc(OCC)c1OCCC. The fourth-order valence-electron chi connectivity index (χ4n) is 2.74. The molecule has 0 saturated heterocycles. The Balaban J connectivity index is 2.29. The van der Waals surface area contributed by atoms with E-state index in [0.29, 0.717) is 19.8 Å². The average molecular weight is 374 g/mol. The number of hydrogen-bond donors (Lipinski definition) is 1. The van der Waals surface area contributed by atoms with E-state index >= 15 is 0 Å². The van der Waals surface area contributed by atoms with Crippen LogP contribution in [0.15, 0.2) is 43.0 Å². The van der Waals surface area contributed by atoms with Gasteiger partial charge in [0.25, 0.3) is 0 Å². The standard InChI is InChI=1S/C22H28ClNO2/c1-5-8-18-12-17(13-21(25-7-3)22(18)26-11-6-2)15-24-20-14-19(23)10-9-16(20)4/h5,9-10,12-14,24H,1,6-8,11,15H2,2-4H3. The van der Waals surface area contributed by atoms with Crippen LogP contribution in [0.2, 0.25) is 5.02 Å². The second-order valence-corrected chi connectivity index (χ2v) is 6.61. The van der Waals surface area contributed by atoms with E-state index in [1.807, 2.05) is 37.3 Å². The van der Waals surface area contributed by atoms with Crippen molar-refractivity contribution in [2.45, 2.75) is 40.2 Å². The Bertz CT molecular complexity index is 743. The van der Waals surface area contributed by atoms with E-state index < -0.39 is 0 Å². The van der Waals surface area contributed by atoms with Crippen LogP contribution in [0.4, 0.5) is 5.69 Å². The highest BCUT2D eigenvalue weighted by atomic mass is 35.5. The molecule has 2 rings (SSSR count). The highest BCUT2D eigenvalue weighted by Crippen LogP contribution is 2.34. The van der Waals surface area contributed by atoms with Crippen molar-refractivity contribution in [1.82, 2.24) is 0 Å². The molecule has 26 heavy (non-hydrogen) atoms. The van der Waals surface area contributed by atoms with Gasteiger partial charge in [-0.3, -0.25) is 0 Å². The lowest BCUT2D eigenvalue weighted by molar-refractivity contribution is 0.274. The lowest BCUT2D eigenvalue weighted by Gasteiger charge is -2.18. The Labute approximate surface area is 162 Å². The van der Waals surface area contributed by atoms with Gasteiger partial charge in [-0.1, -0.05) is 30.7 Å². The van der Waals surface area contributed by atoms with Crippen LogP contribution in [0, 0.1) is 6.92 Å². The zero-order chi connectivity index (χ0) is 18.9. The van der Waals surface area contributed by atoms with Gasteiger partial charge in [-0.2, -0.15) is 0 Å². The minimum atomic E-state index is 0.598. The summed E-state index contributed by atoms with van der Waals surface area (Å²) >= 11 is 6.11. The molecular weight excluding hydrogens is 346 g/mol. The van der Waals surface area contributed by atoms with Crippen LogP contribution in [-0.4, -0.2) is 13.2 Å². The summed E-state index contributed by atoms with van der Waals surface area (Å²) in [5.41, 5.74) is 4.42. The highest BCUT2D eigenvalue weighted by molar-refractivity contribution is 6.30. The van der Waals surface area contributed by atoms with Crippen molar-refractivity contribution >= 4 is 17.3 Å².